The summed E-state index contributed by atoms with van der Waals surface area (Å²) in [5.74, 6) is -0.431. The minimum atomic E-state index is -1.15. The first-order valence-corrected chi connectivity index (χ1v) is 10.7. The second-order valence-corrected chi connectivity index (χ2v) is 8.29. The lowest BCUT2D eigenvalue weighted by Gasteiger charge is -2.26. The molecule has 3 aromatic heterocycles. The number of aromatic nitrogens is 5. The summed E-state index contributed by atoms with van der Waals surface area (Å²) in [4.78, 5) is 21.0. The van der Waals surface area contributed by atoms with Gasteiger partial charge in [-0.1, -0.05) is 0 Å². The van der Waals surface area contributed by atoms with Gasteiger partial charge >= 0.3 is 6.09 Å². The van der Waals surface area contributed by atoms with Crippen LogP contribution in [0.15, 0.2) is 24.5 Å². The maximum atomic E-state index is 14.8. The fraction of sp³-hybridized carbons (Fsp3) is 0.364. The molecule has 0 unspecified atom stereocenters. The van der Waals surface area contributed by atoms with Crippen LogP contribution in [0.5, 0.6) is 0 Å². The normalized spacial score (nSPS) is 14.7. The fourth-order valence-electron chi connectivity index (χ4n) is 3.63. The average Bonchev–Trinajstić information content (AvgIpc) is 3.57. The van der Waals surface area contributed by atoms with Crippen molar-refractivity contribution in [3.8, 4) is 11.8 Å². The highest BCUT2D eigenvalue weighted by molar-refractivity contribution is 5.67. The Labute approximate surface area is 195 Å². The highest BCUT2D eigenvalue weighted by Crippen LogP contribution is 2.36. The lowest BCUT2D eigenvalue weighted by molar-refractivity contribution is 0.188. The summed E-state index contributed by atoms with van der Waals surface area (Å²) in [5.41, 5.74) is 2.70. The highest BCUT2D eigenvalue weighted by atomic mass is 19.1. The van der Waals surface area contributed by atoms with Gasteiger partial charge in [0.05, 0.1) is 41.1 Å². The summed E-state index contributed by atoms with van der Waals surface area (Å²) in [6, 6.07) is 3.96. The molecule has 34 heavy (non-hydrogen) atoms. The van der Waals surface area contributed by atoms with Crippen molar-refractivity contribution in [2.24, 2.45) is 5.92 Å². The van der Waals surface area contributed by atoms with E-state index in [2.05, 4.69) is 36.1 Å². The van der Waals surface area contributed by atoms with Gasteiger partial charge in [-0.2, -0.15) is 15.5 Å². The third-order valence-corrected chi connectivity index (χ3v) is 5.65. The van der Waals surface area contributed by atoms with Gasteiger partial charge in [-0.3, -0.25) is 4.98 Å². The lowest BCUT2D eigenvalue weighted by atomic mass is 10.0. The van der Waals surface area contributed by atoms with Crippen LogP contribution < -0.4 is 16.0 Å². The van der Waals surface area contributed by atoms with Crippen molar-refractivity contribution in [3.05, 3.63) is 47.3 Å². The zero-order chi connectivity index (χ0) is 24.4. The monoisotopic (exact) mass is 465 g/mol. The molecule has 0 aromatic carbocycles. The van der Waals surface area contributed by atoms with E-state index in [0.717, 1.165) is 30.3 Å². The molecule has 1 amide bonds. The summed E-state index contributed by atoms with van der Waals surface area (Å²) >= 11 is 0. The van der Waals surface area contributed by atoms with Crippen molar-refractivity contribution >= 4 is 23.4 Å². The predicted octanol–water partition coefficient (Wildman–Crippen LogP) is 3.28. The van der Waals surface area contributed by atoms with E-state index < -0.39 is 18.0 Å². The molecule has 0 bridgehead atoms. The van der Waals surface area contributed by atoms with Crippen LogP contribution >= 0.6 is 0 Å². The van der Waals surface area contributed by atoms with Crippen LogP contribution in [-0.4, -0.2) is 48.2 Å². The van der Waals surface area contributed by atoms with Crippen LogP contribution in [0, 0.1) is 36.9 Å². The number of nitriles is 1. The van der Waals surface area contributed by atoms with Crippen LogP contribution in [-0.2, 0) is 0 Å². The Morgan fingerprint density at radius 3 is 2.56 bits per heavy atom. The van der Waals surface area contributed by atoms with Crippen LogP contribution in [0.3, 0.4) is 0 Å². The Morgan fingerprint density at radius 1 is 1.24 bits per heavy atom. The minimum absolute atomic E-state index is 0.0111. The molecule has 4 N–H and O–H groups in total. The lowest BCUT2D eigenvalue weighted by Crippen LogP contribution is -2.45. The maximum absolute atomic E-state index is 14.8. The Hall–Kier alpha value is -4.27. The number of hydrogen-bond acceptors (Lipinski definition) is 8. The molecule has 1 fully saturated rings. The SMILES string of the molecule is Cc1nn(-c2cncc(Nc3nc(N[C@H](C4CC4)[C@H](C)NC(=O)O)c(F)cc3C#N)c2)nc1C. The van der Waals surface area contributed by atoms with E-state index in [-0.39, 0.29) is 29.2 Å². The quantitative estimate of drug-likeness (QED) is 0.392. The largest absolute Gasteiger partial charge is 0.465 e. The molecule has 4 rings (SSSR count). The topological polar surface area (TPSA) is 154 Å². The number of hydrogen-bond donors (Lipinski definition) is 4. The second-order valence-electron chi connectivity index (χ2n) is 8.29. The van der Waals surface area contributed by atoms with Gasteiger partial charge in [0, 0.05) is 6.04 Å². The molecule has 1 aliphatic rings. The van der Waals surface area contributed by atoms with Gasteiger partial charge in [0.15, 0.2) is 17.5 Å². The number of carboxylic acid groups (broad SMARTS) is 1. The zero-order valence-electron chi connectivity index (χ0n) is 18.9. The molecule has 2 atom stereocenters. The summed E-state index contributed by atoms with van der Waals surface area (Å²) in [6.45, 7) is 5.42. The van der Waals surface area contributed by atoms with Gasteiger partial charge in [0.2, 0.25) is 0 Å². The van der Waals surface area contributed by atoms with Gasteiger partial charge in [0.1, 0.15) is 11.8 Å². The van der Waals surface area contributed by atoms with Gasteiger partial charge < -0.3 is 21.1 Å². The summed E-state index contributed by atoms with van der Waals surface area (Å²) < 4.78 is 14.8. The van der Waals surface area contributed by atoms with E-state index in [4.69, 9.17) is 5.11 Å². The summed E-state index contributed by atoms with van der Waals surface area (Å²) in [6.07, 6.45) is 3.80. The molecule has 0 saturated heterocycles. The predicted molar refractivity (Wildman–Crippen MR) is 122 cm³/mol. The standard InChI is InChI=1S/C22H24FN9O2/c1-11-12(2)31-32(30-11)17-7-16(9-25-10-17)27-20-15(8-24)6-18(23)21(29-20)28-19(14-4-5-14)13(3)26-22(33)34/h6-7,9-10,13-14,19,26H,4-5H2,1-3H3,(H,33,34)(H2,27,28,29)/t13-,19-/m0/s1. The molecule has 1 aliphatic carbocycles. The van der Waals surface area contributed by atoms with Crippen molar-refractivity contribution in [2.45, 2.75) is 45.7 Å². The minimum Gasteiger partial charge on any atom is -0.465 e. The van der Waals surface area contributed by atoms with Crippen molar-refractivity contribution < 1.29 is 14.3 Å². The number of halogens is 1. The van der Waals surface area contributed by atoms with E-state index in [1.807, 2.05) is 19.9 Å². The molecular formula is C22H24FN9O2. The van der Waals surface area contributed by atoms with Crippen LogP contribution in [0.2, 0.25) is 0 Å². The molecule has 3 aromatic rings. The number of rotatable bonds is 8. The second kappa shape index (κ2) is 9.30. The third kappa shape index (κ3) is 5.03. The average molecular weight is 465 g/mol. The highest BCUT2D eigenvalue weighted by Gasteiger charge is 2.36. The Balaban J connectivity index is 1.61. The molecule has 1 saturated carbocycles. The van der Waals surface area contributed by atoms with Crippen LogP contribution in [0.1, 0.15) is 36.7 Å². The van der Waals surface area contributed by atoms with E-state index >= 15 is 0 Å². The van der Waals surface area contributed by atoms with Crippen molar-refractivity contribution in [2.75, 3.05) is 10.6 Å². The molecule has 11 nitrogen and oxygen atoms in total. The van der Waals surface area contributed by atoms with E-state index in [9.17, 15) is 14.4 Å². The van der Waals surface area contributed by atoms with Gasteiger partial charge in [-0.25, -0.2) is 14.2 Å². The molecule has 12 heteroatoms. The summed E-state index contributed by atoms with van der Waals surface area (Å²) in [5, 5.41) is 35.7. The number of amides is 1. The summed E-state index contributed by atoms with van der Waals surface area (Å²) in [7, 11) is 0. The van der Waals surface area contributed by atoms with Crippen molar-refractivity contribution in [1.82, 2.24) is 30.3 Å². The first kappa shape index (κ1) is 22.9. The number of pyridine rings is 2. The number of carbonyl (C=O) groups is 1. The molecule has 0 spiro atoms. The van der Waals surface area contributed by atoms with E-state index in [1.165, 1.54) is 11.0 Å². The molecule has 3 heterocycles. The van der Waals surface area contributed by atoms with Gasteiger partial charge in [0.25, 0.3) is 0 Å². The number of nitrogens with zero attached hydrogens (tertiary/aromatic N) is 6. The first-order valence-electron chi connectivity index (χ1n) is 10.7. The Kier molecular flexibility index (Phi) is 6.27. The first-order chi connectivity index (χ1) is 16.2. The van der Waals surface area contributed by atoms with Gasteiger partial charge in [-0.05, 0) is 51.7 Å². The van der Waals surface area contributed by atoms with Crippen molar-refractivity contribution in [3.63, 3.8) is 0 Å². The smallest absolute Gasteiger partial charge is 0.404 e. The molecule has 176 valence electrons. The Bertz CT molecular complexity index is 1250. The fourth-order valence-corrected chi connectivity index (χ4v) is 3.63. The van der Waals surface area contributed by atoms with Gasteiger partial charge in [-0.15, -0.1) is 4.80 Å². The maximum Gasteiger partial charge on any atom is 0.404 e. The van der Waals surface area contributed by atoms with Crippen LogP contribution in [0.25, 0.3) is 5.69 Å². The molecule has 0 aliphatic heterocycles. The van der Waals surface area contributed by atoms with E-state index in [0.29, 0.717) is 11.4 Å². The number of aryl methyl sites for hydroxylation is 2. The van der Waals surface area contributed by atoms with Crippen LogP contribution in [0.4, 0.5) is 26.5 Å². The van der Waals surface area contributed by atoms with Crippen molar-refractivity contribution in [1.29, 1.82) is 5.26 Å². The number of nitrogens with one attached hydrogen (secondary N) is 3. The molecular weight excluding hydrogens is 441 g/mol. The van der Waals surface area contributed by atoms with E-state index in [1.54, 1.807) is 19.2 Å². The zero-order valence-corrected chi connectivity index (χ0v) is 18.9. The Morgan fingerprint density at radius 2 is 1.94 bits per heavy atom. The third-order valence-electron chi connectivity index (χ3n) is 5.65. The molecule has 0 radical (unpaired) electrons. The number of anilines is 3.